The molecule has 6 rings (SSSR count). The second-order valence-electron chi connectivity index (χ2n) is 7.34. The predicted molar refractivity (Wildman–Crippen MR) is 123 cm³/mol. The quantitative estimate of drug-likeness (QED) is 0.330. The number of benzene rings is 3. The van der Waals surface area contributed by atoms with E-state index in [1.54, 1.807) is 18.6 Å². The van der Waals surface area contributed by atoms with E-state index in [2.05, 4.69) is 31.0 Å². The van der Waals surface area contributed by atoms with E-state index in [4.69, 9.17) is 9.72 Å². The van der Waals surface area contributed by atoms with Crippen molar-refractivity contribution in [2.24, 2.45) is 0 Å². The fourth-order valence-corrected chi connectivity index (χ4v) is 3.64. The Morgan fingerprint density at radius 1 is 0.594 bits per heavy atom. The monoisotopic (exact) mass is 418 g/mol. The Kier molecular flexibility index (Phi) is 4.28. The number of imidazole rings is 3. The van der Waals surface area contributed by atoms with Crippen LogP contribution in [-0.2, 0) is 0 Å². The SMILES string of the molecule is c1c[nH]c(-c2ccc(Oc3ccc(-c4nc5ccc(-c6ncc[nH]6)cc5[nH]4)cc3)cc2)n1. The highest BCUT2D eigenvalue weighted by molar-refractivity contribution is 5.83. The summed E-state index contributed by atoms with van der Waals surface area (Å²) in [7, 11) is 0. The number of hydrogen-bond acceptors (Lipinski definition) is 4. The summed E-state index contributed by atoms with van der Waals surface area (Å²) < 4.78 is 5.99. The first-order chi connectivity index (χ1) is 15.8. The minimum absolute atomic E-state index is 0.760. The van der Waals surface area contributed by atoms with Gasteiger partial charge in [0.15, 0.2) is 0 Å². The van der Waals surface area contributed by atoms with Crippen molar-refractivity contribution in [3.63, 3.8) is 0 Å². The van der Waals surface area contributed by atoms with Crippen LogP contribution in [0.4, 0.5) is 0 Å². The van der Waals surface area contributed by atoms with Gasteiger partial charge in [0.05, 0.1) is 11.0 Å². The van der Waals surface area contributed by atoms with Gasteiger partial charge in [-0.15, -0.1) is 0 Å². The van der Waals surface area contributed by atoms with Gasteiger partial charge in [0, 0.05) is 41.5 Å². The summed E-state index contributed by atoms with van der Waals surface area (Å²) in [6, 6.07) is 21.8. The molecule has 0 aliphatic carbocycles. The minimum atomic E-state index is 0.760. The van der Waals surface area contributed by atoms with E-state index in [0.717, 1.165) is 56.7 Å². The molecule has 0 saturated heterocycles. The summed E-state index contributed by atoms with van der Waals surface area (Å²) in [5.41, 5.74) is 4.89. The van der Waals surface area contributed by atoms with E-state index < -0.39 is 0 Å². The van der Waals surface area contributed by atoms with Gasteiger partial charge in [0.2, 0.25) is 0 Å². The molecule has 0 saturated carbocycles. The van der Waals surface area contributed by atoms with E-state index in [9.17, 15) is 0 Å². The third-order valence-corrected chi connectivity index (χ3v) is 5.24. The zero-order chi connectivity index (χ0) is 21.3. The summed E-state index contributed by atoms with van der Waals surface area (Å²) in [6.07, 6.45) is 7.10. The first-order valence-electron chi connectivity index (χ1n) is 10.2. The summed E-state index contributed by atoms with van der Waals surface area (Å²) in [6.45, 7) is 0. The summed E-state index contributed by atoms with van der Waals surface area (Å²) in [5, 5.41) is 0. The van der Waals surface area contributed by atoms with Gasteiger partial charge in [-0.2, -0.15) is 0 Å². The van der Waals surface area contributed by atoms with Crippen LogP contribution in [0.1, 0.15) is 0 Å². The van der Waals surface area contributed by atoms with Crippen molar-refractivity contribution in [2.75, 3.05) is 0 Å². The molecule has 3 aromatic heterocycles. The number of H-pyrrole nitrogens is 3. The molecule has 0 radical (unpaired) electrons. The Hall–Kier alpha value is -4.65. The maximum atomic E-state index is 5.99. The Balaban J connectivity index is 1.21. The van der Waals surface area contributed by atoms with Gasteiger partial charge in [-0.25, -0.2) is 15.0 Å². The predicted octanol–water partition coefficient (Wildman–Crippen LogP) is 5.80. The molecule has 32 heavy (non-hydrogen) atoms. The number of ether oxygens (including phenoxy) is 1. The first kappa shape index (κ1) is 18.1. The zero-order valence-electron chi connectivity index (χ0n) is 16.9. The topological polar surface area (TPSA) is 95.3 Å². The van der Waals surface area contributed by atoms with Crippen molar-refractivity contribution >= 4 is 11.0 Å². The van der Waals surface area contributed by atoms with Gasteiger partial charge in [-0.05, 0) is 66.7 Å². The van der Waals surface area contributed by atoms with Crippen molar-refractivity contribution in [3.05, 3.63) is 91.5 Å². The van der Waals surface area contributed by atoms with Crippen LogP contribution in [0.25, 0.3) is 45.2 Å². The Morgan fingerprint density at radius 2 is 1.16 bits per heavy atom. The number of fused-ring (bicyclic) bond motifs is 1. The van der Waals surface area contributed by atoms with Crippen molar-refractivity contribution in [1.82, 2.24) is 29.9 Å². The first-order valence-corrected chi connectivity index (χ1v) is 10.2. The smallest absolute Gasteiger partial charge is 0.138 e. The fourth-order valence-electron chi connectivity index (χ4n) is 3.64. The zero-order valence-corrected chi connectivity index (χ0v) is 16.9. The molecule has 0 bridgehead atoms. The van der Waals surface area contributed by atoms with Crippen molar-refractivity contribution in [1.29, 1.82) is 0 Å². The average Bonchev–Trinajstić information content (AvgIpc) is 3.61. The summed E-state index contributed by atoms with van der Waals surface area (Å²) in [5.74, 6) is 4.01. The molecule has 7 heteroatoms. The Labute approximate surface area is 183 Å². The van der Waals surface area contributed by atoms with Gasteiger partial charge in [0.25, 0.3) is 0 Å². The lowest BCUT2D eigenvalue weighted by Gasteiger charge is -2.07. The van der Waals surface area contributed by atoms with E-state index >= 15 is 0 Å². The molecule has 0 aliphatic heterocycles. The minimum Gasteiger partial charge on any atom is -0.457 e. The Morgan fingerprint density at radius 3 is 1.75 bits per heavy atom. The van der Waals surface area contributed by atoms with Gasteiger partial charge >= 0.3 is 0 Å². The second-order valence-corrected chi connectivity index (χ2v) is 7.34. The molecular formula is C25H18N6O. The number of nitrogens with zero attached hydrogens (tertiary/aromatic N) is 3. The van der Waals surface area contributed by atoms with Crippen LogP contribution in [0.5, 0.6) is 11.5 Å². The molecule has 3 heterocycles. The van der Waals surface area contributed by atoms with Crippen molar-refractivity contribution < 1.29 is 4.74 Å². The molecule has 7 nitrogen and oxygen atoms in total. The highest BCUT2D eigenvalue weighted by atomic mass is 16.5. The molecule has 3 aromatic carbocycles. The van der Waals surface area contributed by atoms with Crippen molar-refractivity contribution in [2.45, 2.75) is 0 Å². The summed E-state index contributed by atoms with van der Waals surface area (Å²) in [4.78, 5) is 22.9. The third kappa shape index (κ3) is 3.41. The van der Waals surface area contributed by atoms with Gasteiger partial charge in [-0.1, -0.05) is 0 Å². The van der Waals surface area contributed by atoms with Gasteiger partial charge in [0.1, 0.15) is 29.0 Å². The standard InChI is InChI=1S/C25H18N6O/c1-6-19(7-2-16(1)23-26-11-12-27-23)32-20-8-3-17(4-9-20)25-30-21-10-5-18(15-22(21)31-25)24-28-13-14-29-24/h1-15H,(H,26,27)(H,28,29)(H,30,31). The number of aromatic amines is 3. The van der Waals surface area contributed by atoms with E-state index in [0.29, 0.717) is 0 Å². The molecule has 6 aromatic rings. The van der Waals surface area contributed by atoms with E-state index in [1.165, 1.54) is 0 Å². The van der Waals surface area contributed by atoms with Crippen LogP contribution in [-0.4, -0.2) is 29.9 Å². The van der Waals surface area contributed by atoms with Gasteiger partial charge in [-0.3, -0.25) is 0 Å². The molecule has 0 atom stereocenters. The molecule has 154 valence electrons. The van der Waals surface area contributed by atoms with E-state index in [-0.39, 0.29) is 0 Å². The van der Waals surface area contributed by atoms with Crippen LogP contribution in [0, 0.1) is 0 Å². The van der Waals surface area contributed by atoms with Crippen LogP contribution >= 0.6 is 0 Å². The van der Waals surface area contributed by atoms with Crippen LogP contribution in [0.2, 0.25) is 0 Å². The highest BCUT2D eigenvalue weighted by Crippen LogP contribution is 2.28. The summed E-state index contributed by atoms with van der Waals surface area (Å²) >= 11 is 0. The maximum Gasteiger partial charge on any atom is 0.138 e. The van der Waals surface area contributed by atoms with Crippen LogP contribution in [0.3, 0.4) is 0 Å². The number of rotatable bonds is 5. The van der Waals surface area contributed by atoms with Gasteiger partial charge < -0.3 is 19.7 Å². The Bertz CT molecular complexity index is 1460. The molecule has 0 unspecified atom stereocenters. The third-order valence-electron chi connectivity index (χ3n) is 5.24. The normalized spacial score (nSPS) is 11.1. The lowest BCUT2D eigenvalue weighted by Crippen LogP contribution is -1.86. The molecule has 0 amide bonds. The van der Waals surface area contributed by atoms with E-state index in [1.807, 2.05) is 66.9 Å². The van der Waals surface area contributed by atoms with Crippen molar-refractivity contribution in [3.8, 4) is 45.7 Å². The maximum absolute atomic E-state index is 5.99. The molecule has 0 fully saturated rings. The number of aromatic nitrogens is 6. The van der Waals surface area contributed by atoms with Crippen LogP contribution < -0.4 is 4.74 Å². The lowest BCUT2D eigenvalue weighted by atomic mass is 10.2. The highest BCUT2D eigenvalue weighted by Gasteiger charge is 2.09. The lowest BCUT2D eigenvalue weighted by molar-refractivity contribution is 0.483. The fraction of sp³-hybridized carbons (Fsp3) is 0. The second kappa shape index (κ2) is 7.55. The molecule has 3 N–H and O–H groups in total. The molecular weight excluding hydrogens is 400 g/mol. The molecule has 0 aliphatic rings. The number of hydrogen-bond donors (Lipinski definition) is 3. The molecule has 0 spiro atoms. The number of nitrogens with one attached hydrogen (secondary N) is 3. The average molecular weight is 418 g/mol. The van der Waals surface area contributed by atoms with Crippen LogP contribution in [0.15, 0.2) is 91.5 Å². The largest absolute Gasteiger partial charge is 0.457 e.